The fraction of sp³-hybridized carbons (Fsp3) is 0.333. The molecule has 0 saturated carbocycles. The molecule has 3 heteroatoms. The van der Waals surface area contributed by atoms with Crippen LogP contribution in [0.15, 0.2) is 48.5 Å². The molecule has 0 heterocycles. The summed E-state index contributed by atoms with van der Waals surface area (Å²) in [5, 5.41) is 10.7. The minimum Gasteiger partial charge on any atom is -0.258 e. The molecule has 2 aromatic carbocycles. The van der Waals surface area contributed by atoms with Crippen LogP contribution in [0, 0.1) is 10.1 Å². The average molecular weight is 283 g/mol. The van der Waals surface area contributed by atoms with Gasteiger partial charge in [-0.2, -0.15) is 0 Å². The molecule has 2 aromatic rings. The Hall–Kier alpha value is -2.16. The van der Waals surface area contributed by atoms with Gasteiger partial charge in [-0.3, -0.25) is 10.1 Å². The Labute approximate surface area is 125 Å². The van der Waals surface area contributed by atoms with Crippen molar-refractivity contribution in [3.8, 4) is 0 Å². The lowest BCUT2D eigenvalue weighted by atomic mass is 9.91. The summed E-state index contributed by atoms with van der Waals surface area (Å²) in [6.45, 7) is 6.54. The van der Waals surface area contributed by atoms with E-state index in [1.807, 2.05) is 12.1 Å². The molecule has 0 aromatic heterocycles. The molecule has 0 saturated heterocycles. The van der Waals surface area contributed by atoms with Crippen molar-refractivity contribution in [1.82, 2.24) is 0 Å². The third kappa shape index (κ3) is 3.91. The predicted molar refractivity (Wildman–Crippen MR) is 85.7 cm³/mol. The summed E-state index contributed by atoms with van der Waals surface area (Å²) in [4.78, 5) is 10.3. The van der Waals surface area contributed by atoms with E-state index in [2.05, 4.69) is 45.0 Å². The first-order valence-corrected chi connectivity index (χ1v) is 7.30. The van der Waals surface area contributed by atoms with Crippen LogP contribution in [0.3, 0.4) is 0 Å². The molecule has 0 fully saturated rings. The van der Waals surface area contributed by atoms with Gasteiger partial charge in [0.1, 0.15) is 0 Å². The number of nitro groups is 1. The van der Waals surface area contributed by atoms with Crippen LogP contribution in [-0.2, 0) is 6.42 Å². The zero-order chi connectivity index (χ0) is 15.4. The first kappa shape index (κ1) is 15.2. The fourth-order valence-corrected chi connectivity index (χ4v) is 2.48. The topological polar surface area (TPSA) is 43.1 Å². The van der Waals surface area contributed by atoms with Gasteiger partial charge in [-0.05, 0) is 34.9 Å². The number of non-ortho nitro benzene ring substituents is 1. The van der Waals surface area contributed by atoms with E-state index in [1.54, 1.807) is 12.1 Å². The van der Waals surface area contributed by atoms with Crippen LogP contribution in [0.4, 0.5) is 5.69 Å². The Morgan fingerprint density at radius 1 is 1.00 bits per heavy atom. The lowest BCUT2D eigenvalue weighted by Crippen LogP contribution is -2.00. The Bertz CT molecular complexity index is 617. The maximum Gasteiger partial charge on any atom is 0.269 e. The van der Waals surface area contributed by atoms with Crippen molar-refractivity contribution in [3.63, 3.8) is 0 Å². The van der Waals surface area contributed by atoms with Gasteiger partial charge in [-0.15, -0.1) is 0 Å². The lowest BCUT2D eigenvalue weighted by molar-refractivity contribution is -0.384. The Morgan fingerprint density at radius 3 is 2.24 bits per heavy atom. The van der Waals surface area contributed by atoms with Crippen LogP contribution in [0.25, 0.3) is 0 Å². The Morgan fingerprint density at radius 2 is 1.67 bits per heavy atom. The predicted octanol–water partition coefficient (Wildman–Crippen LogP) is 5.06. The summed E-state index contributed by atoms with van der Waals surface area (Å²) in [7, 11) is 0. The van der Waals surface area contributed by atoms with E-state index in [0.29, 0.717) is 11.8 Å². The number of benzene rings is 2. The summed E-state index contributed by atoms with van der Waals surface area (Å²) < 4.78 is 0. The first-order chi connectivity index (χ1) is 9.97. The molecular formula is C18H21NO2. The van der Waals surface area contributed by atoms with Crippen molar-refractivity contribution in [1.29, 1.82) is 0 Å². The molecule has 0 N–H and O–H groups in total. The maximum atomic E-state index is 10.7. The van der Waals surface area contributed by atoms with Crippen LogP contribution in [-0.4, -0.2) is 4.92 Å². The first-order valence-electron chi connectivity index (χ1n) is 7.30. The molecule has 0 aliphatic heterocycles. The van der Waals surface area contributed by atoms with Gasteiger partial charge in [0.05, 0.1) is 4.92 Å². The van der Waals surface area contributed by atoms with Gasteiger partial charge in [0, 0.05) is 12.1 Å². The molecule has 0 aliphatic rings. The molecule has 1 atom stereocenters. The summed E-state index contributed by atoms with van der Waals surface area (Å²) in [6.07, 6.45) is 0.943. The van der Waals surface area contributed by atoms with E-state index in [0.717, 1.165) is 12.0 Å². The van der Waals surface area contributed by atoms with E-state index in [1.165, 1.54) is 11.1 Å². The summed E-state index contributed by atoms with van der Waals surface area (Å²) in [5.74, 6) is 0.868. The van der Waals surface area contributed by atoms with Gasteiger partial charge in [-0.1, -0.05) is 57.2 Å². The molecular weight excluding hydrogens is 262 g/mol. The molecule has 0 aliphatic carbocycles. The summed E-state index contributed by atoms with van der Waals surface area (Å²) >= 11 is 0. The van der Waals surface area contributed by atoms with Gasteiger partial charge in [0.2, 0.25) is 0 Å². The lowest BCUT2D eigenvalue weighted by Gasteiger charge is -2.14. The summed E-state index contributed by atoms with van der Waals surface area (Å²) in [5.41, 5.74) is 3.94. The highest BCUT2D eigenvalue weighted by Gasteiger charge is 2.10. The van der Waals surface area contributed by atoms with Crippen molar-refractivity contribution in [2.75, 3.05) is 0 Å². The van der Waals surface area contributed by atoms with Crippen LogP contribution in [0.5, 0.6) is 0 Å². The van der Waals surface area contributed by atoms with Gasteiger partial charge < -0.3 is 0 Å². The number of rotatable bonds is 5. The second kappa shape index (κ2) is 6.53. The van der Waals surface area contributed by atoms with Crippen molar-refractivity contribution in [3.05, 3.63) is 75.3 Å². The van der Waals surface area contributed by atoms with Gasteiger partial charge in [0.25, 0.3) is 5.69 Å². The monoisotopic (exact) mass is 283 g/mol. The Kier molecular flexibility index (Phi) is 4.73. The molecule has 0 amide bonds. The van der Waals surface area contributed by atoms with E-state index >= 15 is 0 Å². The second-order valence-electron chi connectivity index (χ2n) is 5.85. The van der Waals surface area contributed by atoms with Crippen molar-refractivity contribution in [2.24, 2.45) is 0 Å². The van der Waals surface area contributed by atoms with Crippen LogP contribution < -0.4 is 0 Å². The smallest absolute Gasteiger partial charge is 0.258 e. The molecule has 3 nitrogen and oxygen atoms in total. The standard InChI is InChI=1S/C18H21NO2/c1-13(2)17-6-4-5-15(12-17)11-14(3)16-7-9-18(10-8-16)19(20)21/h4-10,12-14H,11H2,1-3H3. The zero-order valence-electron chi connectivity index (χ0n) is 12.7. The van der Waals surface area contributed by atoms with E-state index in [-0.39, 0.29) is 10.6 Å². The van der Waals surface area contributed by atoms with Gasteiger partial charge in [-0.25, -0.2) is 0 Å². The third-order valence-corrected chi connectivity index (χ3v) is 3.83. The Balaban J connectivity index is 2.12. The number of hydrogen-bond donors (Lipinski definition) is 0. The molecule has 110 valence electrons. The van der Waals surface area contributed by atoms with Gasteiger partial charge in [0.15, 0.2) is 0 Å². The molecule has 21 heavy (non-hydrogen) atoms. The van der Waals surface area contributed by atoms with E-state index in [9.17, 15) is 10.1 Å². The van der Waals surface area contributed by atoms with Crippen molar-refractivity contribution in [2.45, 2.75) is 39.0 Å². The SMILES string of the molecule is CC(C)c1cccc(CC(C)c2ccc([N+](=O)[O-])cc2)c1. The average Bonchev–Trinajstić information content (AvgIpc) is 2.47. The highest BCUT2D eigenvalue weighted by molar-refractivity contribution is 5.35. The zero-order valence-corrected chi connectivity index (χ0v) is 12.7. The fourth-order valence-electron chi connectivity index (χ4n) is 2.48. The van der Waals surface area contributed by atoms with E-state index < -0.39 is 0 Å². The van der Waals surface area contributed by atoms with Crippen molar-refractivity contribution >= 4 is 5.69 Å². The van der Waals surface area contributed by atoms with Gasteiger partial charge >= 0.3 is 0 Å². The van der Waals surface area contributed by atoms with Crippen LogP contribution in [0.2, 0.25) is 0 Å². The third-order valence-electron chi connectivity index (χ3n) is 3.83. The molecule has 2 rings (SSSR count). The van der Waals surface area contributed by atoms with Crippen LogP contribution >= 0.6 is 0 Å². The summed E-state index contributed by atoms with van der Waals surface area (Å²) in [6, 6.07) is 15.5. The largest absolute Gasteiger partial charge is 0.269 e. The normalized spacial score (nSPS) is 12.4. The number of nitrogens with zero attached hydrogens (tertiary/aromatic N) is 1. The highest BCUT2D eigenvalue weighted by atomic mass is 16.6. The van der Waals surface area contributed by atoms with Crippen LogP contribution in [0.1, 0.15) is 49.3 Å². The second-order valence-corrected chi connectivity index (χ2v) is 5.85. The number of nitro benzene ring substituents is 1. The molecule has 0 radical (unpaired) electrons. The van der Waals surface area contributed by atoms with Crippen molar-refractivity contribution < 1.29 is 4.92 Å². The number of hydrogen-bond acceptors (Lipinski definition) is 2. The highest BCUT2D eigenvalue weighted by Crippen LogP contribution is 2.24. The minimum absolute atomic E-state index is 0.146. The molecule has 0 spiro atoms. The maximum absolute atomic E-state index is 10.7. The molecule has 0 bridgehead atoms. The molecule has 1 unspecified atom stereocenters. The van der Waals surface area contributed by atoms with E-state index in [4.69, 9.17) is 0 Å². The minimum atomic E-state index is -0.361. The quantitative estimate of drug-likeness (QED) is 0.568.